The van der Waals surface area contributed by atoms with Gasteiger partial charge in [-0.3, -0.25) is 4.90 Å². The van der Waals surface area contributed by atoms with Gasteiger partial charge in [0.05, 0.1) is 11.1 Å². The van der Waals surface area contributed by atoms with Crippen LogP contribution in [0.25, 0.3) is 0 Å². The number of halogens is 7. The first-order chi connectivity index (χ1) is 10.6. The fourth-order valence-corrected chi connectivity index (χ4v) is 2.94. The van der Waals surface area contributed by atoms with Crippen molar-refractivity contribution in [3.8, 4) is 0 Å². The third-order valence-electron chi connectivity index (χ3n) is 4.02. The standard InChI is InChI=1S/C15H18F6N2.ClH/c1-2-13(23-7-5-22-6-8-23)11-9-10(14(16,17)18)3-4-12(11)15(19,20)21;/h3-4,9,13,22H,2,5-8H2,1H3;1H/t13-;/m0./s1. The molecule has 1 aliphatic heterocycles. The van der Waals surface area contributed by atoms with Crippen molar-refractivity contribution in [1.29, 1.82) is 0 Å². The smallest absolute Gasteiger partial charge is 0.314 e. The van der Waals surface area contributed by atoms with E-state index < -0.39 is 29.5 Å². The zero-order chi connectivity index (χ0) is 17.3. The van der Waals surface area contributed by atoms with Gasteiger partial charge in [-0.2, -0.15) is 26.3 Å². The average Bonchev–Trinajstić information content (AvgIpc) is 2.47. The summed E-state index contributed by atoms with van der Waals surface area (Å²) in [5.74, 6) is 0. The van der Waals surface area contributed by atoms with E-state index in [0.717, 1.165) is 0 Å². The highest BCUT2D eigenvalue weighted by Gasteiger charge is 2.39. The summed E-state index contributed by atoms with van der Waals surface area (Å²) < 4.78 is 78.4. The Labute approximate surface area is 142 Å². The Kier molecular flexibility index (Phi) is 6.95. The van der Waals surface area contributed by atoms with Crippen LogP contribution in [0.15, 0.2) is 18.2 Å². The van der Waals surface area contributed by atoms with E-state index in [4.69, 9.17) is 0 Å². The minimum atomic E-state index is -4.68. The molecular weight excluding hydrogens is 358 g/mol. The first kappa shape index (κ1) is 21.1. The number of nitrogens with one attached hydrogen (secondary N) is 1. The maximum absolute atomic E-state index is 13.2. The van der Waals surface area contributed by atoms with Crippen molar-refractivity contribution in [1.82, 2.24) is 10.2 Å². The van der Waals surface area contributed by atoms with Crippen molar-refractivity contribution >= 4 is 12.4 Å². The number of alkyl halides is 6. The van der Waals surface area contributed by atoms with Crippen LogP contribution in [-0.4, -0.2) is 31.1 Å². The van der Waals surface area contributed by atoms with Crippen molar-refractivity contribution in [2.75, 3.05) is 26.2 Å². The number of hydrogen-bond acceptors (Lipinski definition) is 2. The molecule has 2 rings (SSSR count). The molecule has 1 aromatic rings. The van der Waals surface area contributed by atoms with E-state index in [2.05, 4.69) is 5.32 Å². The molecule has 2 nitrogen and oxygen atoms in total. The van der Waals surface area contributed by atoms with Crippen LogP contribution in [-0.2, 0) is 12.4 Å². The van der Waals surface area contributed by atoms with Gasteiger partial charge >= 0.3 is 12.4 Å². The maximum atomic E-state index is 13.2. The van der Waals surface area contributed by atoms with Crippen molar-refractivity contribution < 1.29 is 26.3 Å². The molecule has 138 valence electrons. The molecule has 0 aromatic heterocycles. The van der Waals surface area contributed by atoms with Gasteiger partial charge in [-0.1, -0.05) is 6.92 Å². The van der Waals surface area contributed by atoms with Crippen molar-refractivity contribution in [2.45, 2.75) is 31.7 Å². The van der Waals surface area contributed by atoms with Crippen LogP contribution in [0.2, 0.25) is 0 Å². The molecule has 9 heteroatoms. The van der Waals surface area contributed by atoms with Gasteiger partial charge in [0.25, 0.3) is 0 Å². The van der Waals surface area contributed by atoms with E-state index >= 15 is 0 Å². The molecule has 1 atom stereocenters. The Morgan fingerprint density at radius 1 is 1.04 bits per heavy atom. The highest BCUT2D eigenvalue weighted by atomic mass is 35.5. The van der Waals surface area contributed by atoms with Gasteiger partial charge in [-0.15, -0.1) is 12.4 Å². The van der Waals surface area contributed by atoms with Crippen LogP contribution in [0.4, 0.5) is 26.3 Å². The minimum Gasteiger partial charge on any atom is -0.314 e. The highest BCUT2D eigenvalue weighted by Crippen LogP contribution is 2.40. The summed E-state index contributed by atoms with van der Waals surface area (Å²) >= 11 is 0. The van der Waals surface area contributed by atoms with Gasteiger partial charge in [0.2, 0.25) is 0 Å². The molecule has 1 saturated heterocycles. The zero-order valence-corrected chi connectivity index (χ0v) is 13.8. The Morgan fingerprint density at radius 2 is 1.62 bits per heavy atom. The quantitative estimate of drug-likeness (QED) is 0.781. The first-order valence-electron chi connectivity index (χ1n) is 7.37. The molecule has 0 bridgehead atoms. The van der Waals surface area contributed by atoms with E-state index in [0.29, 0.717) is 50.8 Å². The van der Waals surface area contributed by atoms with E-state index in [-0.39, 0.29) is 18.0 Å². The van der Waals surface area contributed by atoms with E-state index in [1.807, 2.05) is 0 Å². The summed E-state index contributed by atoms with van der Waals surface area (Å²) in [7, 11) is 0. The largest absolute Gasteiger partial charge is 0.416 e. The van der Waals surface area contributed by atoms with Crippen LogP contribution in [0.3, 0.4) is 0 Å². The van der Waals surface area contributed by atoms with Crippen LogP contribution in [0.1, 0.15) is 36.1 Å². The molecule has 1 aromatic carbocycles. The summed E-state index contributed by atoms with van der Waals surface area (Å²) in [5.41, 5.74) is -2.33. The van der Waals surface area contributed by atoms with E-state index in [1.165, 1.54) is 0 Å². The SMILES string of the molecule is CC[C@@H](c1cc(C(F)(F)F)ccc1C(F)(F)F)N1CCNCC1.Cl. The van der Waals surface area contributed by atoms with Crippen LogP contribution in [0, 0.1) is 0 Å². The topological polar surface area (TPSA) is 15.3 Å². The average molecular weight is 377 g/mol. The molecule has 1 heterocycles. The second-order valence-corrected chi connectivity index (χ2v) is 5.51. The second kappa shape index (κ2) is 7.93. The normalized spacial score (nSPS) is 18.1. The summed E-state index contributed by atoms with van der Waals surface area (Å²) in [6.07, 6.45) is -9.04. The Hall–Kier alpha value is -0.990. The lowest BCUT2D eigenvalue weighted by Gasteiger charge is -2.36. The molecule has 0 amide bonds. The van der Waals surface area contributed by atoms with Crippen LogP contribution >= 0.6 is 12.4 Å². The first-order valence-corrected chi connectivity index (χ1v) is 7.37. The molecule has 0 saturated carbocycles. The predicted molar refractivity (Wildman–Crippen MR) is 81.2 cm³/mol. The van der Waals surface area contributed by atoms with Gasteiger partial charge < -0.3 is 5.32 Å². The lowest BCUT2D eigenvalue weighted by molar-refractivity contribution is -0.142. The summed E-state index contributed by atoms with van der Waals surface area (Å²) in [6.45, 7) is 3.92. The van der Waals surface area contributed by atoms with Crippen molar-refractivity contribution in [2.24, 2.45) is 0 Å². The Balaban J connectivity index is 0.00000288. The zero-order valence-electron chi connectivity index (χ0n) is 13.0. The summed E-state index contributed by atoms with van der Waals surface area (Å²) in [6, 6.07) is 1.01. The second-order valence-electron chi connectivity index (χ2n) is 5.51. The molecular formula is C15H19ClF6N2. The molecule has 1 N–H and O–H groups in total. The molecule has 1 aliphatic rings. The molecule has 1 fully saturated rings. The summed E-state index contributed by atoms with van der Waals surface area (Å²) in [5, 5.41) is 3.08. The Morgan fingerprint density at radius 3 is 2.08 bits per heavy atom. The molecule has 24 heavy (non-hydrogen) atoms. The van der Waals surface area contributed by atoms with E-state index in [1.54, 1.807) is 11.8 Å². The van der Waals surface area contributed by atoms with E-state index in [9.17, 15) is 26.3 Å². The molecule has 0 unspecified atom stereocenters. The maximum Gasteiger partial charge on any atom is 0.416 e. The van der Waals surface area contributed by atoms with Crippen molar-refractivity contribution in [3.05, 3.63) is 34.9 Å². The Bertz CT molecular complexity index is 538. The highest BCUT2D eigenvalue weighted by molar-refractivity contribution is 5.85. The number of rotatable bonds is 3. The van der Waals surface area contributed by atoms with Crippen LogP contribution < -0.4 is 5.32 Å². The minimum absolute atomic E-state index is 0. The summed E-state index contributed by atoms with van der Waals surface area (Å²) in [4.78, 5) is 1.81. The van der Waals surface area contributed by atoms with Gasteiger partial charge in [0.15, 0.2) is 0 Å². The van der Waals surface area contributed by atoms with Gasteiger partial charge in [0, 0.05) is 32.2 Å². The van der Waals surface area contributed by atoms with Crippen molar-refractivity contribution in [3.63, 3.8) is 0 Å². The van der Waals surface area contributed by atoms with Gasteiger partial charge in [-0.25, -0.2) is 0 Å². The molecule has 0 radical (unpaired) electrons. The third-order valence-corrected chi connectivity index (χ3v) is 4.02. The van der Waals surface area contributed by atoms with Crippen LogP contribution in [0.5, 0.6) is 0 Å². The molecule has 0 aliphatic carbocycles. The lowest BCUT2D eigenvalue weighted by atomic mass is 9.94. The fourth-order valence-electron chi connectivity index (χ4n) is 2.94. The predicted octanol–water partition coefficient (Wildman–Crippen LogP) is 4.50. The lowest BCUT2D eigenvalue weighted by Crippen LogP contribution is -2.45. The number of benzene rings is 1. The number of piperazine rings is 1. The van der Waals surface area contributed by atoms with Gasteiger partial charge in [0.1, 0.15) is 0 Å². The number of nitrogens with zero attached hydrogens (tertiary/aromatic N) is 1. The molecule has 0 spiro atoms. The monoisotopic (exact) mass is 376 g/mol. The number of hydrogen-bond donors (Lipinski definition) is 1. The van der Waals surface area contributed by atoms with Gasteiger partial charge in [-0.05, 0) is 30.2 Å². The third kappa shape index (κ3) is 4.77. The fraction of sp³-hybridized carbons (Fsp3) is 0.600.